The molecule has 3 rings (SSSR count). The number of pyridine rings is 1. The van der Waals surface area contributed by atoms with E-state index >= 15 is 0 Å². The molecule has 1 heterocycles. The van der Waals surface area contributed by atoms with Gasteiger partial charge in [-0.15, -0.1) is 0 Å². The van der Waals surface area contributed by atoms with Crippen LogP contribution in [-0.2, 0) is 0 Å². The molecule has 0 aliphatic rings. The van der Waals surface area contributed by atoms with E-state index in [1.165, 1.54) is 21.9 Å². The molecule has 0 amide bonds. The van der Waals surface area contributed by atoms with Crippen LogP contribution in [-0.4, -0.2) is 4.98 Å². The molecule has 0 bridgehead atoms. The van der Waals surface area contributed by atoms with E-state index in [4.69, 9.17) is 0 Å². The monoisotopic (exact) mass is 276 g/mol. The first-order valence-corrected chi connectivity index (χ1v) is 7.39. The van der Waals surface area contributed by atoms with Crippen molar-refractivity contribution in [3.63, 3.8) is 0 Å². The highest BCUT2D eigenvalue weighted by Crippen LogP contribution is 2.26. The summed E-state index contributed by atoms with van der Waals surface area (Å²) in [4.78, 5) is 4.08. The highest BCUT2D eigenvalue weighted by Gasteiger charge is 2.13. The summed E-state index contributed by atoms with van der Waals surface area (Å²) in [6.45, 7) is 4.41. The second kappa shape index (κ2) is 6.06. The van der Waals surface area contributed by atoms with Crippen LogP contribution in [0.3, 0.4) is 0 Å². The topological polar surface area (TPSA) is 24.9 Å². The summed E-state index contributed by atoms with van der Waals surface area (Å²) in [5, 5.41) is 6.29. The Morgan fingerprint density at radius 1 is 0.810 bits per heavy atom. The summed E-state index contributed by atoms with van der Waals surface area (Å²) in [6.07, 6.45) is 3.69. The maximum Gasteiger partial charge on any atom is 0.0303 e. The van der Waals surface area contributed by atoms with Crippen LogP contribution in [0.4, 0.5) is 0 Å². The van der Waals surface area contributed by atoms with Crippen LogP contribution in [0.5, 0.6) is 0 Å². The first-order chi connectivity index (χ1) is 10.3. The van der Waals surface area contributed by atoms with Crippen molar-refractivity contribution in [2.45, 2.75) is 25.9 Å². The van der Waals surface area contributed by atoms with Gasteiger partial charge in [-0.25, -0.2) is 0 Å². The summed E-state index contributed by atoms with van der Waals surface area (Å²) in [5.41, 5.74) is 2.60. The van der Waals surface area contributed by atoms with Gasteiger partial charge in [-0.2, -0.15) is 0 Å². The molecule has 106 valence electrons. The Kier molecular flexibility index (Phi) is 3.98. The van der Waals surface area contributed by atoms with Gasteiger partial charge < -0.3 is 5.32 Å². The van der Waals surface area contributed by atoms with Crippen LogP contribution in [0.2, 0.25) is 0 Å². The van der Waals surface area contributed by atoms with Crippen LogP contribution < -0.4 is 5.32 Å². The van der Waals surface area contributed by atoms with Gasteiger partial charge in [0.1, 0.15) is 0 Å². The van der Waals surface area contributed by atoms with E-state index in [0.29, 0.717) is 12.1 Å². The Morgan fingerprint density at radius 2 is 1.52 bits per heavy atom. The van der Waals surface area contributed by atoms with Crippen LogP contribution in [0, 0.1) is 0 Å². The van der Waals surface area contributed by atoms with Crippen molar-refractivity contribution < 1.29 is 0 Å². The third kappa shape index (κ3) is 2.96. The van der Waals surface area contributed by atoms with E-state index < -0.39 is 0 Å². The highest BCUT2D eigenvalue weighted by molar-refractivity contribution is 5.86. The molecule has 0 spiro atoms. The summed E-state index contributed by atoms with van der Waals surface area (Å²) in [6, 6.07) is 19.8. The Bertz CT molecular complexity index is 716. The average Bonchev–Trinajstić information content (AvgIpc) is 2.55. The van der Waals surface area contributed by atoms with Crippen LogP contribution in [0.25, 0.3) is 10.8 Å². The molecule has 1 unspecified atom stereocenters. The first-order valence-electron chi connectivity index (χ1n) is 7.39. The third-order valence-electron chi connectivity index (χ3n) is 4.00. The van der Waals surface area contributed by atoms with Gasteiger partial charge in [0.25, 0.3) is 0 Å². The van der Waals surface area contributed by atoms with Gasteiger partial charge in [-0.3, -0.25) is 4.98 Å². The summed E-state index contributed by atoms with van der Waals surface area (Å²) < 4.78 is 0. The third-order valence-corrected chi connectivity index (χ3v) is 4.00. The predicted molar refractivity (Wildman–Crippen MR) is 88.2 cm³/mol. The van der Waals surface area contributed by atoms with Crippen LogP contribution >= 0.6 is 0 Å². The van der Waals surface area contributed by atoms with Crippen molar-refractivity contribution in [3.8, 4) is 0 Å². The van der Waals surface area contributed by atoms with E-state index in [-0.39, 0.29) is 0 Å². The molecule has 1 aromatic heterocycles. The molecule has 0 saturated carbocycles. The number of nitrogens with zero attached hydrogens (tertiary/aromatic N) is 1. The Labute approximate surface area is 125 Å². The second-order valence-electron chi connectivity index (χ2n) is 5.46. The van der Waals surface area contributed by atoms with Crippen LogP contribution in [0.15, 0.2) is 67.0 Å². The zero-order valence-corrected chi connectivity index (χ0v) is 12.5. The number of benzene rings is 2. The van der Waals surface area contributed by atoms with Crippen molar-refractivity contribution in [1.29, 1.82) is 0 Å². The molecule has 2 atom stereocenters. The minimum absolute atomic E-state index is 0.291. The fourth-order valence-corrected chi connectivity index (χ4v) is 2.84. The van der Waals surface area contributed by atoms with Gasteiger partial charge in [0.15, 0.2) is 0 Å². The van der Waals surface area contributed by atoms with Gasteiger partial charge in [-0.1, -0.05) is 42.5 Å². The molecule has 21 heavy (non-hydrogen) atoms. The molecule has 0 aliphatic heterocycles. The largest absolute Gasteiger partial charge is 0.304 e. The van der Waals surface area contributed by atoms with Crippen LogP contribution in [0.1, 0.15) is 37.1 Å². The normalized spacial score (nSPS) is 14.0. The number of nitrogens with one attached hydrogen (secondary N) is 1. The van der Waals surface area contributed by atoms with Gasteiger partial charge in [0, 0.05) is 24.5 Å². The maximum absolute atomic E-state index is 4.08. The zero-order chi connectivity index (χ0) is 14.7. The predicted octanol–water partition coefficient (Wildman–Crippen LogP) is 4.65. The van der Waals surface area contributed by atoms with E-state index in [0.717, 1.165) is 0 Å². The molecule has 0 fully saturated rings. The average molecular weight is 276 g/mol. The summed E-state index contributed by atoms with van der Waals surface area (Å²) >= 11 is 0. The molecule has 2 aromatic carbocycles. The Balaban J connectivity index is 1.86. The molecule has 2 heteroatoms. The lowest BCUT2D eigenvalue weighted by atomic mass is 9.98. The van der Waals surface area contributed by atoms with Gasteiger partial charge in [0.05, 0.1) is 0 Å². The smallest absolute Gasteiger partial charge is 0.0303 e. The van der Waals surface area contributed by atoms with Crippen molar-refractivity contribution in [3.05, 3.63) is 78.1 Å². The lowest BCUT2D eigenvalue weighted by Gasteiger charge is -2.22. The zero-order valence-electron chi connectivity index (χ0n) is 12.5. The standard InChI is InChI=1S/C19H20N2/c1-14(16-10-12-20-13-11-16)21-15(2)18-9-5-7-17-6-3-4-8-19(17)18/h3-15,21H,1-2H3/t14-,15?/m0/s1. The quantitative estimate of drug-likeness (QED) is 0.750. The SMILES string of the molecule is CC(N[C@@H](C)c1ccncc1)c1cccc2ccccc12. The lowest BCUT2D eigenvalue weighted by molar-refractivity contribution is 0.496. The highest BCUT2D eigenvalue weighted by atomic mass is 14.9. The number of aromatic nitrogens is 1. The molecule has 0 aliphatic carbocycles. The number of hydrogen-bond acceptors (Lipinski definition) is 2. The molecule has 0 radical (unpaired) electrons. The summed E-state index contributed by atoms with van der Waals surface area (Å²) in [7, 11) is 0. The van der Waals surface area contributed by atoms with E-state index in [1.807, 2.05) is 12.4 Å². The second-order valence-corrected chi connectivity index (χ2v) is 5.46. The number of rotatable bonds is 4. The van der Waals surface area contributed by atoms with Gasteiger partial charge in [0.2, 0.25) is 0 Å². The molecular formula is C19H20N2. The van der Waals surface area contributed by atoms with Crippen molar-refractivity contribution in [2.24, 2.45) is 0 Å². The Hall–Kier alpha value is -2.19. The number of fused-ring (bicyclic) bond motifs is 1. The van der Waals surface area contributed by atoms with E-state index in [1.54, 1.807) is 0 Å². The van der Waals surface area contributed by atoms with E-state index in [2.05, 4.69) is 78.7 Å². The molecule has 1 N–H and O–H groups in total. The maximum atomic E-state index is 4.08. The van der Waals surface area contributed by atoms with E-state index in [9.17, 15) is 0 Å². The fraction of sp³-hybridized carbons (Fsp3) is 0.211. The van der Waals surface area contributed by atoms with Crippen molar-refractivity contribution in [1.82, 2.24) is 10.3 Å². The summed E-state index contributed by atoms with van der Waals surface area (Å²) in [5.74, 6) is 0. The molecular weight excluding hydrogens is 256 g/mol. The lowest BCUT2D eigenvalue weighted by Crippen LogP contribution is -2.22. The van der Waals surface area contributed by atoms with Crippen molar-refractivity contribution >= 4 is 10.8 Å². The molecule has 3 aromatic rings. The fourth-order valence-electron chi connectivity index (χ4n) is 2.84. The minimum Gasteiger partial charge on any atom is -0.304 e. The first kappa shape index (κ1) is 13.8. The molecule has 2 nitrogen and oxygen atoms in total. The van der Waals surface area contributed by atoms with Crippen molar-refractivity contribution in [2.75, 3.05) is 0 Å². The Morgan fingerprint density at radius 3 is 2.33 bits per heavy atom. The number of hydrogen-bond donors (Lipinski definition) is 1. The minimum atomic E-state index is 0.291. The van der Waals surface area contributed by atoms with Gasteiger partial charge in [-0.05, 0) is 47.9 Å². The molecule has 0 saturated heterocycles. The van der Waals surface area contributed by atoms with Gasteiger partial charge >= 0.3 is 0 Å².